The molecule has 0 spiro atoms. The molecule has 0 N–H and O–H groups in total. The van der Waals surface area contributed by atoms with Crippen molar-refractivity contribution in [3.05, 3.63) is 0 Å². The van der Waals surface area contributed by atoms with Crippen LogP contribution in [0.4, 0.5) is 0 Å². The maximum Gasteiger partial charge on any atom is 0.331 e. The summed E-state index contributed by atoms with van der Waals surface area (Å²) in [5, 5.41) is 0. The maximum absolute atomic E-state index is 6.26. The highest BCUT2D eigenvalue weighted by molar-refractivity contribution is 6.64. The second kappa shape index (κ2) is 22.3. The summed E-state index contributed by atoms with van der Waals surface area (Å²) in [5.41, 5.74) is 0. The van der Waals surface area contributed by atoms with Crippen molar-refractivity contribution in [1.82, 2.24) is 0 Å². The van der Waals surface area contributed by atoms with E-state index < -0.39 is 8.56 Å². The number of unbranched alkanes of at least 4 members (excludes halogenated alkanes) is 17. The van der Waals surface area contributed by atoms with Crippen molar-refractivity contribution in [2.45, 2.75) is 168 Å². The molecule has 0 saturated carbocycles. The van der Waals surface area contributed by atoms with E-state index in [2.05, 4.69) is 33.9 Å². The Kier molecular flexibility index (Phi) is 22.4. The highest BCUT2D eigenvalue weighted by atomic mass is 28.4. The zero-order valence-corrected chi connectivity index (χ0v) is 22.7. The van der Waals surface area contributed by atoms with Crippen LogP contribution in [-0.4, -0.2) is 21.3 Å². The minimum atomic E-state index is -1.94. The van der Waals surface area contributed by atoms with E-state index in [0.29, 0.717) is 6.10 Å². The third-order valence-electron chi connectivity index (χ3n) is 6.15. The first-order chi connectivity index (χ1) is 14.5. The average Bonchev–Trinajstić information content (AvgIpc) is 2.70. The fraction of sp³-hybridized carbons (Fsp3) is 1.00. The van der Waals surface area contributed by atoms with Crippen LogP contribution in [0.15, 0.2) is 0 Å². The van der Waals surface area contributed by atoms with Gasteiger partial charge in [-0.15, -0.1) is 0 Å². The second-order valence-corrected chi connectivity index (χ2v) is 13.3. The molecular weight excluding hydrogens is 384 g/mol. The minimum Gasteiger partial charge on any atom is -0.395 e. The predicted molar refractivity (Wildman–Crippen MR) is 138 cm³/mol. The Morgan fingerprint density at radius 1 is 0.533 bits per heavy atom. The van der Waals surface area contributed by atoms with Gasteiger partial charge in [0.05, 0.1) is 0 Å². The molecule has 3 heteroatoms. The molecule has 0 radical (unpaired) electrons. The molecule has 0 aliphatic heterocycles. The Labute approximate surface area is 192 Å². The first-order valence-corrected chi connectivity index (χ1v) is 16.6. The molecule has 182 valence electrons. The molecule has 0 bridgehead atoms. The minimum absolute atomic E-state index is 0.351. The number of hydrogen-bond acceptors (Lipinski definition) is 2. The van der Waals surface area contributed by atoms with Crippen LogP contribution in [-0.2, 0) is 8.85 Å². The van der Waals surface area contributed by atoms with Gasteiger partial charge in [-0.1, -0.05) is 129 Å². The smallest absolute Gasteiger partial charge is 0.331 e. The zero-order valence-electron chi connectivity index (χ0n) is 21.7. The van der Waals surface area contributed by atoms with Gasteiger partial charge in [0.1, 0.15) is 0 Å². The summed E-state index contributed by atoms with van der Waals surface area (Å²) >= 11 is 0. The van der Waals surface area contributed by atoms with E-state index in [1.807, 2.05) is 0 Å². The third-order valence-corrected chi connectivity index (χ3v) is 8.02. The fourth-order valence-corrected chi connectivity index (χ4v) is 6.02. The molecule has 0 saturated heterocycles. The average molecular weight is 443 g/mol. The van der Waals surface area contributed by atoms with Gasteiger partial charge < -0.3 is 8.85 Å². The molecule has 1 unspecified atom stereocenters. The lowest BCUT2D eigenvalue weighted by Crippen LogP contribution is -2.38. The van der Waals surface area contributed by atoms with Crippen molar-refractivity contribution in [2.24, 2.45) is 0 Å². The molecule has 0 amide bonds. The number of hydrogen-bond donors (Lipinski definition) is 0. The van der Waals surface area contributed by atoms with Gasteiger partial charge in [0.25, 0.3) is 0 Å². The van der Waals surface area contributed by atoms with Crippen molar-refractivity contribution in [1.29, 1.82) is 0 Å². The van der Waals surface area contributed by atoms with Crippen molar-refractivity contribution in [3.8, 4) is 0 Å². The van der Waals surface area contributed by atoms with Gasteiger partial charge in [0, 0.05) is 12.7 Å². The normalized spacial score (nSPS) is 13.1. The highest BCUT2D eigenvalue weighted by Gasteiger charge is 2.26. The monoisotopic (exact) mass is 442 g/mol. The standard InChI is InChI=1S/C27H58O2Si/c1-6-8-10-12-13-14-15-16-17-18-19-20-21-22-24-26-28-30(4,5)29-27(3)25-23-11-9-7-2/h27H,6-26H2,1-5H3. The molecule has 1 atom stereocenters. The van der Waals surface area contributed by atoms with Crippen LogP contribution in [0.1, 0.15) is 149 Å². The Morgan fingerprint density at radius 3 is 1.33 bits per heavy atom. The summed E-state index contributed by atoms with van der Waals surface area (Å²) in [6.45, 7) is 12.1. The summed E-state index contributed by atoms with van der Waals surface area (Å²) in [6.07, 6.45) is 28.0. The van der Waals surface area contributed by atoms with Crippen LogP contribution in [0, 0.1) is 0 Å². The molecule has 0 rings (SSSR count). The van der Waals surface area contributed by atoms with Crippen LogP contribution < -0.4 is 0 Å². The first kappa shape index (κ1) is 30.1. The molecular formula is C27H58O2Si. The van der Waals surface area contributed by atoms with Crippen molar-refractivity contribution >= 4 is 8.56 Å². The summed E-state index contributed by atoms with van der Waals surface area (Å²) in [7, 11) is -1.94. The van der Waals surface area contributed by atoms with E-state index in [0.717, 1.165) is 6.61 Å². The van der Waals surface area contributed by atoms with E-state index in [9.17, 15) is 0 Å². The van der Waals surface area contributed by atoms with Gasteiger partial charge in [-0.05, 0) is 32.9 Å². The van der Waals surface area contributed by atoms with Crippen molar-refractivity contribution < 1.29 is 8.85 Å². The Morgan fingerprint density at radius 2 is 0.900 bits per heavy atom. The highest BCUT2D eigenvalue weighted by Crippen LogP contribution is 2.17. The Bertz CT molecular complexity index is 333. The van der Waals surface area contributed by atoms with Crippen LogP contribution in [0.2, 0.25) is 13.1 Å². The van der Waals surface area contributed by atoms with Gasteiger partial charge in [-0.2, -0.15) is 0 Å². The molecule has 2 nitrogen and oxygen atoms in total. The molecule has 30 heavy (non-hydrogen) atoms. The number of rotatable bonds is 24. The van der Waals surface area contributed by atoms with E-state index in [1.165, 1.54) is 128 Å². The lowest BCUT2D eigenvalue weighted by atomic mass is 10.0. The summed E-state index contributed by atoms with van der Waals surface area (Å²) in [6, 6.07) is 0. The van der Waals surface area contributed by atoms with Crippen LogP contribution >= 0.6 is 0 Å². The Hall–Kier alpha value is 0.137. The fourth-order valence-electron chi connectivity index (χ4n) is 4.23. The van der Waals surface area contributed by atoms with Gasteiger partial charge in [-0.3, -0.25) is 0 Å². The summed E-state index contributed by atoms with van der Waals surface area (Å²) in [5.74, 6) is 0. The molecule has 0 aliphatic carbocycles. The molecule has 0 aromatic rings. The lowest BCUT2D eigenvalue weighted by molar-refractivity contribution is 0.122. The first-order valence-electron chi connectivity index (χ1n) is 13.8. The van der Waals surface area contributed by atoms with Gasteiger partial charge in [0.2, 0.25) is 0 Å². The lowest BCUT2D eigenvalue weighted by Gasteiger charge is -2.27. The van der Waals surface area contributed by atoms with E-state index in [1.54, 1.807) is 0 Å². The van der Waals surface area contributed by atoms with Crippen molar-refractivity contribution in [2.75, 3.05) is 6.61 Å². The zero-order chi connectivity index (χ0) is 22.3. The predicted octanol–water partition coefficient (Wildman–Crippen LogP) is 9.95. The molecule has 0 aromatic heterocycles. The largest absolute Gasteiger partial charge is 0.395 e. The topological polar surface area (TPSA) is 18.5 Å². The van der Waals surface area contributed by atoms with E-state index in [4.69, 9.17) is 8.85 Å². The summed E-state index contributed by atoms with van der Waals surface area (Å²) < 4.78 is 12.4. The Balaban J connectivity index is 3.35. The molecule has 0 aromatic carbocycles. The van der Waals surface area contributed by atoms with Gasteiger partial charge in [0.15, 0.2) is 0 Å². The van der Waals surface area contributed by atoms with E-state index in [-0.39, 0.29) is 0 Å². The molecule has 0 fully saturated rings. The second-order valence-electron chi connectivity index (χ2n) is 9.98. The van der Waals surface area contributed by atoms with Crippen LogP contribution in [0.25, 0.3) is 0 Å². The maximum atomic E-state index is 6.26. The van der Waals surface area contributed by atoms with E-state index >= 15 is 0 Å². The van der Waals surface area contributed by atoms with Crippen LogP contribution in [0.3, 0.4) is 0 Å². The molecule has 0 aliphatic rings. The van der Waals surface area contributed by atoms with Crippen LogP contribution in [0.5, 0.6) is 0 Å². The molecule has 0 heterocycles. The SMILES string of the molecule is CCCCCCCCCCCCCCCCCO[Si](C)(C)OC(C)CCCCCC. The van der Waals surface area contributed by atoms with Crippen molar-refractivity contribution in [3.63, 3.8) is 0 Å². The quantitative estimate of drug-likeness (QED) is 0.109. The van der Waals surface area contributed by atoms with Gasteiger partial charge in [-0.25, -0.2) is 0 Å². The third kappa shape index (κ3) is 22.8. The van der Waals surface area contributed by atoms with Gasteiger partial charge >= 0.3 is 8.56 Å². The summed E-state index contributed by atoms with van der Waals surface area (Å²) in [4.78, 5) is 0.